The molecule has 1 saturated heterocycles. The van der Waals surface area contributed by atoms with Crippen LogP contribution >= 0.6 is 0 Å². The Morgan fingerprint density at radius 1 is 1.35 bits per heavy atom. The third-order valence-corrected chi connectivity index (χ3v) is 3.11. The van der Waals surface area contributed by atoms with Gasteiger partial charge in [0.05, 0.1) is 0 Å². The number of nitrogen functional groups attached to an aromatic ring is 1. The first kappa shape index (κ1) is 12.0. The number of amides is 1. The fourth-order valence-electron chi connectivity index (χ4n) is 2.23. The predicted molar refractivity (Wildman–Crippen MR) is 66.8 cm³/mol. The third kappa shape index (κ3) is 2.43. The highest BCUT2D eigenvalue weighted by molar-refractivity contribution is 5.93. The van der Waals surface area contributed by atoms with Gasteiger partial charge in [-0.2, -0.15) is 5.10 Å². The number of anilines is 1. The van der Waals surface area contributed by atoms with Crippen molar-refractivity contribution >= 4 is 11.7 Å². The summed E-state index contributed by atoms with van der Waals surface area (Å²) in [5.41, 5.74) is 6.29. The van der Waals surface area contributed by atoms with Crippen molar-refractivity contribution in [3.8, 4) is 0 Å². The van der Waals surface area contributed by atoms with Gasteiger partial charge in [0.2, 0.25) is 0 Å². The maximum atomic E-state index is 12.3. The molecular weight excluding hydrogens is 216 g/mol. The molecule has 1 aliphatic heterocycles. The van der Waals surface area contributed by atoms with Gasteiger partial charge < -0.3 is 10.6 Å². The standard InChI is InChI=1S/C12H20N4O/c1-9(2)16-10(8-11(13)14-16)12(17)15-6-4-3-5-7-15/h8-9H,3-7H2,1-2H3,(H2,13,14). The van der Waals surface area contributed by atoms with Crippen molar-refractivity contribution in [1.82, 2.24) is 14.7 Å². The molecule has 1 aliphatic rings. The van der Waals surface area contributed by atoms with Crippen LogP contribution in [0.2, 0.25) is 0 Å². The molecule has 1 aromatic heterocycles. The first-order valence-corrected chi connectivity index (χ1v) is 6.24. The summed E-state index contributed by atoms with van der Waals surface area (Å²) in [6.45, 7) is 5.70. The van der Waals surface area contributed by atoms with Crippen LogP contribution in [0.15, 0.2) is 6.07 Å². The Kier molecular flexibility index (Phi) is 3.36. The SMILES string of the molecule is CC(C)n1nc(N)cc1C(=O)N1CCCCC1. The molecule has 0 radical (unpaired) electrons. The Labute approximate surface area is 102 Å². The lowest BCUT2D eigenvalue weighted by molar-refractivity contribution is 0.0709. The molecule has 5 heteroatoms. The molecule has 0 atom stereocenters. The van der Waals surface area contributed by atoms with Crippen LogP contribution in [-0.4, -0.2) is 33.7 Å². The minimum atomic E-state index is 0.0580. The minimum Gasteiger partial charge on any atom is -0.382 e. The Bertz CT molecular complexity index is 405. The Morgan fingerprint density at radius 3 is 2.59 bits per heavy atom. The topological polar surface area (TPSA) is 64.2 Å². The highest BCUT2D eigenvalue weighted by Crippen LogP contribution is 2.17. The molecule has 94 valence electrons. The van der Waals surface area contributed by atoms with E-state index in [4.69, 9.17) is 5.73 Å². The predicted octanol–water partition coefficient (Wildman–Crippen LogP) is 1.67. The lowest BCUT2D eigenvalue weighted by Crippen LogP contribution is -2.37. The van der Waals surface area contributed by atoms with Crippen LogP contribution in [-0.2, 0) is 0 Å². The van der Waals surface area contributed by atoms with E-state index in [-0.39, 0.29) is 11.9 Å². The summed E-state index contributed by atoms with van der Waals surface area (Å²) in [6.07, 6.45) is 3.41. The van der Waals surface area contributed by atoms with Gasteiger partial charge in [-0.25, -0.2) is 0 Å². The van der Waals surface area contributed by atoms with Gasteiger partial charge in [0.1, 0.15) is 11.5 Å². The number of nitrogens with two attached hydrogens (primary N) is 1. The molecule has 0 bridgehead atoms. The van der Waals surface area contributed by atoms with Crippen LogP contribution in [0.3, 0.4) is 0 Å². The van der Waals surface area contributed by atoms with Crippen molar-refractivity contribution in [3.05, 3.63) is 11.8 Å². The van der Waals surface area contributed by atoms with Gasteiger partial charge in [-0.15, -0.1) is 0 Å². The Balaban J connectivity index is 2.23. The van der Waals surface area contributed by atoms with Gasteiger partial charge in [-0.3, -0.25) is 9.48 Å². The third-order valence-electron chi connectivity index (χ3n) is 3.11. The molecule has 0 aromatic carbocycles. The van der Waals surface area contributed by atoms with E-state index < -0.39 is 0 Å². The summed E-state index contributed by atoms with van der Waals surface area (Å²) in [4.78, 5) is 14.2. The number of hydrogen-bond donors (Lipinski definition) is 1. The summed E-state index contributed by atoms with van der Waals surface area (Å²) in [7, 11) is 0. The van der Waals surface area contributed by atoms with E-state index in [0.29, 0.717) is 11.5 Å². The summed E-state index contributed by atoms with van der Waals surface area (Å²) in [6, 6.07) is 1.83. The van der Waals surface area contributed by atoms with E-state index in [1.165, 1.54) is 6.42 Å². The average Bonchev–Trinajstić information content (AvgIpc) is 2.72. The zero-order valence-corrected chi connectivity index (χ0v) is 10.5. The molecule has 2 heterocycles. The lowest BCUT2D eigenvalue weighted by atomic mass is 10.1. The van der Waals surface area contributed by atoms with E-state index in [9.17, 15) is 4.79 Å². The van der Waals surface area contributed by atoms with E-state index in [1.54, 1.807) is 10.7 Å². The number of nitrogens with zero attached hydrogens (tertiary/aromatic N) is 3. The Morgan fingerprint density at radius 2 is 2.00 bits per heavy atom. The molecule has 5 nitrogen and oxygen atoms in total. The molecule has 1 fully saturated rings. The molecule has 2 N–H and O–H groups in total. The summed E-state index contributed by atoms with van der Waals surface area (Å²) in [5.74, 6) is 0.474. The minimum absolute atomic E-state index is 0.0580. The average molecular weight is 236 g/mol. The van der Waals surface area contributed by atoms with Gasteiger partial charge in [0, 0.05) is 25.2 Å². The van der Waals surface area contributed by atoms with Gasteiger partial charge in [0.15, 0.2) is 0 Å². The molecule has 2 rings (SSSR count). The second-order valence-corrected chi connectivity index (χ2v) is 4.85. The van der Waals surface area contributed by atoms with Crippen LogP contribution in [0.4, 0.5) is 5.82 Å². The summed E-state index contributed by atoms with van der Waals surface area (Å²) < 4.78 is 1.71. The molecule has 0 spiro atoms. The number of carbonyl (C=O) groups excluding carboxylic acids is 1. The van der Waals surface area contributed by atoms with Crippen LogP contribution in [0.25, 0.3) is 0 Å². The second-order valence-electron chi connectivity index (χ2n) is 4.85. The molecule has 0 unspecified atom stereocenters. The van der Waals surface area contributed by atoms with Gasteiger partial charge in [0.25, 0.3) is 5.91 Å². The number of aromatic nitrogens is 2. The maximum Gasteiger partial charge on any atom is 0.272 e. The first-order chi connectivity index (χ1) is 8.09. The number of piperidine rings is 1. The molecule has 0 aliphatic carbocycles. The molecule has 0 saturated carbocycles. The Hall–Kier alpha value is -1.52. The maximum absolute atomic E-state index is 12.3. The molecular formula is C12H20N4O. The monoisotopic (exact) mass is 236 g/mol. The number of likely N-dealkylation sites (tertiary alicyclic amines) is 1. The summed E-state index contributed by atoms with van der Waals surface area (Å²) in [5, 5.41) is 4.17. The smallest absolute Gasteiger partial charge is 0.272 e. The highest BCUT2D eigenvalue weighted by Gasteiger charge is 2.23. The molecule has 17 heavy (non-hydrogen) atoms. The summed E-state index contributed by atoms with van der Waals surface area (Å²) >= 11 is 0. The number of carbonyl (C=O) groups is 1. The van der Waals surface area contributed by atoms with Crippen molar-refractivity contribution in [2.24, 2.45) is 0 Å². The van der Waals surface area contributed by atoms with Crippen LogP contribution in [0, 0.1) is 0 Å². The van der Waals surface area contributed by atoms with Crippen molar-refractivity contribution in [2.45, 2.75) is 39.2 Å². The van der Waals surface area contributed by atoms with Gasteiger partial charge in [-0.05, 0) is 33.1 Å². The number of hydrogen-bond acceptors (Lipinski definition) is 3. The number of rotatable bonds is 2. The van der Waals surface area contributed by atoms with Crippen LogP contribution in [0.1, 0.15) is 49.6 Å². The lowest BCUT2D eigenvalue weighted by Gasteiger charge is -2.27. The fourth-order valence-corrected chi connectivity index (χ4v) is 2.23. The molecule has 1 aromatic rings. The van der Waals surface area contributed by atoms with E-state index >= 15 is 0 Å². The normalized spacial score (nSPS) is 16.5. The van der Waals surface area contributed by atoms with Gasteiger partial charge in [-0.1, -0.05) is 0 Å². The van der Waals surface area contributed by atoms with Crippen LogP contribution < -0.4 is 5.73 Å². The van der Waals surface area contributed by atoms with Crippen molar-refractivity contribution in [1.29, 1.82) is 0 Å². The largest absolute Gasteiger partial charge is 0.382 e. The zero-order chi connectivity index (χ0) is 12.4. The fraction of sp³-hybridized carbons (Fsp3) is 0.667. The van der Waals surface area contributed by atoms with Crippen molar-refractivity contribution in [2.75, 3.05) is 18.8 Å². The van der Waals surface area contributed by atoms with Crippen LogP contribution in [0.5, 0.6) is 0 Å². The van der Waals surface area contributed by atoms with E-state index in [0.717, 1.165) is 25.9 Å². The van der Waals surface area contributed by atoms with E-state index in [2.05, 4.69) is 5.10 Å². The zero-order valence-electron chi connectivity index (χ0n) is 10.5. The van der Waals surface area contributed by atoms with E-state index in [1.807, 2.05) is 18.7 Å². The first-order valence-electron chi connectivity index (χ1n) is 6.24. The van der Waals surface area contributed by atoms with Gasteiger partial charge >= 0.3 is 0 Å². The van der Waals surface area contributed by atoms with Crippen molar-refractivity contribution < 1.29 is 4.79 Å². The molecule has 1 amide bonds. The quantitative estimate of drug-likeness (QED) is 0.849. The second kappa shape index (κ2) is 4.77. The van der Waals surface area contributed by atoms with Crippen molar-refractivity contribution in [3.63, 3.8) is 0 Å². The highest BCUT2D eigenvalue weighted by atomic mass is 16.2.